The van der Waals surface area contributed by atoms with Crippen LogP contribution in [0.25, 0.3) is 0 Å². The average Bonchev–Trinajstić information content (AvgIpc) is 3.18. The van der Waals surface area contributed by atoms with Crippen molar-refractivity contribution in [3.63, 3.8) is 0 Å². The van der Waals surface area contributed by atoms with Gasteiger partial charge in [-0.2, -0.15) is 0 Å². The fourth-order valence-electron chi connectivity index (χ4n) is 1.95. The Balaban J connectivity index is 1.94. The van der Waals surface area contributed by atoms with Crippen molar-refractivity contribution in [2.75, 3.05) is 13.7 Å². The molecule has 0 N–H and O–H groups in total. The summed E-state index contributed by atoms with van der Waals surface area (Å²) in [4.78, 5) is 26.7. The third-order valence-electron chi connectivity index (χ3n) is 3.42. The van der Waals surface area contributed by atoms with Crippen molar-refractivity contribution in [2.45, 2.75) is 19.3 Å². The van der Waals surface area contributed by atoms with Crippen molar-refractivity contribution in [2.24, 2.45) is 5.41 Å². The molecule has 1 aliphatic carbocycles. The van der Waals surface area contributed by atoms with Gasteiger partial charge in [0, 0.05) is 6.42 Å². The molecule has 0 bridgehead atoms. The van der Waals surface area contributed by atoms with Crippen LogP contribution in [0, 0.1) is 15.5 Å². The molecule has 0 amide bonds. The van der Waals surface area contributed by atoms with Gasteiger partial charge in [0.2, 0.25) is 0 Å². The number of nitrogens with zero attached hydrogens (tertiary/aromatic N) is 1. The number of Topliss-reactive ketones (excluding diaryl/α,β-unsaturated/α-hetero) is 1. The second-order valence-corrected chi connectivity index (χ2v) is 4.73. The number of ketones is 1. The molecule has 102 valence electrons. The highest BCUT2D eigenvalue weighted by Gasteiger charge is 2.49. The summed E-state index contributed by atoms with van der Waals surface area (Å²) >= 11 is 0. The van der Waals surface area contributed by atoms with Crippen molar-refractivity contribution in [3.8, 4) is 5.75 Å². The molecule has 0 aliphatic heterocycles. The zero-order valence-electron chi connectivity index (χ0n) is 10.6. The highest BCUT2D eigenvalue weighted by molar-refractivity contribution is 5.89. The molecular formula is C13H15NO5. The molecule has 0 spiro atoms. The summed E-state index contributed by atoms with van der Waals surface area (Å²) < 4.78 is 5.04. The predicted molar refractivity (Wildman–Crippen MR) is 66.3 cm³/mol. The van der Waals surface area contributed by atoms with Gasteiger partial charge in [0.25, 0.3) is 5.09 Å². The topological polar surface area (TPSA) is 78.7 Å². The van der Waals surface area contributed by atoms with Gasteiger partial charge < -0.3 is 9.57 Å². The summed E-state index contributed by atoms with van der Waals surface area (Å²) in [5.41, 5.74) is 0.227. The van der Waals surface area contributed by atoms with E-state index in [1.807, 2.05) is 12.1 Å². The number of methoxy groups -OCH3 is 1. The van der Waals surface area contributed by atoms with Crippen LogP contribution in [0.2, 0.25) is 0 Å². The molecule has 2 rings (SSSR count). The normalized spacial score (nSPS) is 15.6. The number of benzene rings is 1. The first-order chi connectivity index (χ1) is 9.05. The molecule has 1 aromatic rings. The molecule has 6 heteroatoms. The van der Waals surface area contributed by atoms with Gasteiger partial charge in [-0.15, -0.1) is 10.1 Å². The van der Waals surface area contributed by atoms with Gasteiger partial charge in [-0.05, 0) is 30.5 Å². The van der Waals surface area contributed by atoms with E-state index >= 15 is 0 Å². The van der Waals surface area contributed by atoms with E-state index < -0.39 is 10.5 Å². The van der Waals surface area contributed by atoms with Crippen LogP contribution in [0.3, 0.4) is 0 Å². The van der Waals surface area contributed by atoms with Crippen LogP contribution >= 0.6 is 0 Å². The number of ether oxygens (including phenoxy) is 1. The van der Waals surface area contributed by atoms with Crippen LogP contribution in [0.15, 0.2) is 24.3 Å². The lowest BCUT2D eigenvalue weighted by Crippen LogP contribution is -2.25. The summed E-state index contributed by atoms with van der Waals surface area (Å²) in [6, 6.07) is 7.22. The van der Waals surface area contributed by atoms with Gasteiger partial charge in [0.15, 0.2) is 0 Å². The lowest BCUT2D eigenvalue weighted by atomic mass is 9.96. The van der Waals surface area contributed by atoms with Gasteiger partial charge in [0.1, 0.15) is 18.1 Å². The minimum Gasteiger partial charge on any atom is -0.497 e. The lowest BCUT2D eigenvalue weighted by Gasteiger charge is -2.12. The zero-order chi connectivity index (χ0) is 13.9. The second-order valence-electron chi connectivity index (χ2n) is 4.73. The maximum Gasteiger partial charge on any atom is 0.294 e. The Labute approximate surface area is 110 Å². The summed E-state index contributed by atoms with van der Waals surface area (Å²) in [5.74, 6) is 0.730. The maximum atomic E-state index is 12.1. The van der Waals surface area contributed by atoms with E-state index in [1.165, 1.54) is 0 Å². The van der Waals surface area contributed by atoms with Crippen LogP contribution in [-0.4, -0.2) is 24.6 Å². The van der Waals surface area contributed by atoms with Crippen molar-refractivity contribution in [1.82, 2.24) is 0 Å². The Morgan fingerprint density at radius 1 is 1.37 bits per heavy atom. The van der Waals surface area contributed by atoms with E-state index in [-0.39, 0.29) is 18.8 Å². The smallest absolute Gasteiger partial charge is 0.294 e. The molecule has 0 radical (unpaired) electrons. The highest BCUT2D eigenvalue weighted by atomic mass is 16.9. The van der Waals surface area contributed by atoms with E-state index in [1.54, 1.807) is 19.2 Å². The average molecular weight is 265 g/mol. The van der Waals surface area contributed by atoms with Crippen LogP contribution in [0.5, 0.6) is 5.75 Å². The SMILES string of the molecule is COc1ccc(CC(=O)C2(CO[N+](=O)[O-])CC2)cc1. The van der Waals surface area contributed by atoms with Gasteiger partial charge in [0.05, 0.1) is 12.5 Å². The molecule has 1 aromatic carbocycles. The van der Waals surface area contributed by atoms with Gasteiger partial charge in [-0.1, -0.05) is 12.1 Å². The summed E-state index contributed by atoms with van der Waals surface area (Å²) in [7, 11) is 1.58. The molecule has 0 saturated heterocycles. The number of carbonyl (C=O) groups is 1. The van der Waals surface area contributed by atoms with E-state index in [4.69, 9.17) is 4.74 Å². The Morgan fingerprint density at radius 3 is 2.47 bits per heavy atom. The first kappa shape index (κ1) is 13.3. The van der Waals surface area contributed by atoms with Crippen LogP contribution in [-0.2, 0) is 16.1 Å². The number of hydrogen-bond acceptors (Lipinski definition) is 5. The second kappa shape index (κ2) is 5.26. The fraction of sp³-hybridized carbons (Fsp3) is 0.462. The molecule has 1 fully saturated rings. The molecule has 19 heavy (non-hydrogen) atoms. The Morgan fingerprint density at radius 2 is 2.00 bits per heavy atom. The molecule has 6 nitrogen and oxygen atoms in total. The maximum absolute atomic E-state index is 12.1. The number of carbonyl (C=O) groups excluding carboxylic acids is 1. The van der Waals surface area contributed by atoms with E-state index in [2.05, 4.69) is 4.84 Å². The van der Waals surface area contributed by atoms with E-state index in [0.29, 0.717) is 12.8 Å². The largest absolute Gasteiger partial charge is 0.497 e. The Hall–Kier alpha value is -2.11. The first-order valence-electron chi connectivity index (χ1n) is 5.99. The zero-order valence-corrected chi connectivity index (χ0v) is 10.6. The van der Waals surface area contributed by atoms with Crippen LogP contribution < -0.4 is 4.74 Å². The molecular weight excluding hydrogens is 250 g/mol. The third kappa shape index (κ3) is 3.21. The van der Waals surface area contributed by atoms with Crippen molar-refractivity contribution < 1.29 is 19.5 Å². The van der Waals surface area contributed by atoms with Gasteiger partial charge in [-0.3, -0.25) is 4.79 Å². The van der Waals surface area contributed by atoms with Crippen molar-refractivity contribution in [1.29, 1.82) is 0 Å². The molecule has 0 atom stereocenters. The number of rotatable bonds is 7. The molecule has 1 saturated carbocycles. The molecule has 0 aromatic heterocycles. The quantitative estimate of drug-likeness (QED) is 0.554. The monoisotopic (exact) mass is 265 g/mol. The van der Waals surface area contributed by atoms with Crippen molar-refractivity contribution in [3.05, 3.63) is 39.9 Å². The molecule has 0 unspecified atom stereocenters. The van der Waals surface area contributed by atoms with Crippen LogP contribution in [0.4, 0.5) is 0 Å². The summed E-state index contributed by atoms with van der Waals surface area (Å²) in [6.07, 6.45) is 1.59. The molecule has 1 aliphatic rings. The fourth-order valence-corrected chi connectivity index (χ4v) is 1.95. The number of hydrogen-bond donors (Lipinski definition) is 0. The molecule has 0 heterocycles. The minimum atomic E-state index is -0.846. The predicted octanol–water partition coefficient (Wildman–Crippen LogP) is 1.80. The standard InChI is InChI=1S/C13H15NO5/c1-18-11-4-2-10(3-5-11)8-12(15)13(6-7-13)9-19-14(16)17/h2-5H,6-9H2,1H3. The van der Waals surface area contributed by atoms with Gasteiger partial charge >= 0.3 is 0 Å². The third-order valence-corrected chi connectivity index (χ3v) is 3.42. The summed E-state index contributed by atoms with van der Waals surface area (Å²) in [5, 5.41) is 9.34. The summed E-state index contributed by atoms with van der Waals surface area (Å²) in [6.45, 7) is -0.130. The Bertz CT molecular complexity index is 478. The van der Waals surface area contributed by atoms with Gasteiger partial charge in [-0.25, -0.2) is 0 Å². The minimum absolute atomic E-state index is 0.000447. The highest BCUT2D eigenvalue weighted by Crippen LogP contribution is 2.47. The Kier molecular flexibility index (Phi) is 3.69. The van der Waals surface area contributed by atoms with E-state index in [0.717, 1.165) is 11.3 Å². The first-order valence-corrected chi connectivity index (χ1v) is 5.99. The van der Waals surface area contributed by atoms with E-state index in [9.17, 15) is 14.9 Å². The van der Waals surface area contributed by atoms with Crippen LogP contribution in [0.1, 0.15) is 18.4 Å². The van der Waals surface area contributed by atoms with Crippen molar-refractivity contribution >= 4 is 5.78 Å². The lowest BCUT2D eigenvalue weighted by molar-refractivity contribution is -0.759.